The van der Waals surface area contributed by atoms with Gasteiger partial charge in [0.15, 0.2) is 0 Å². The van der Waals surface area contributed by atoms with Crippen LogP contribution < -0.4 is 4.74 Å². The molecule has 3 heterocycles. The fourth-order valence-electron chi connectivity index (χ4n) is 3.65. The fraction of sp³-hybridized carbons (Fsp3) is 0.455. The van der Waals surface area contributed by atoms with Crippen molar-refractivity contribution in [3.8, 4) is 17.3 Å². The van der Waals surface area contributed by atoms with Crippen molar-refractivity contribution in [1.29, 1.82) is 0 Å². The number of piperazine rings is 1. The lowest BCUT2D eigenvalue weighted by Gasteiger charge is -2.32. The second-order valence-electron chi connectivity index (χ2n) is 7.74. The number of fused-ring (bicyclic) bond motifs is 1. The van der Waals surface area contributed by atoms with Crippen molar-refractivity contribution < 1.29 is 9.13 Å². The summed E-state index contributed by atoms with van der Waals surface area (Å²) in [5.74, 6) is 1.03. The molecule has 1 aliphatic heterocycles. The first-order chi connectivity index (χ1) is 14.1. The van der Waals surface area contributed by atoms with E-state index in [0.717, 1.165) is 56.6 Å². The monoisotopic (exact) mass is 397 g/mol. The largest absolute Gasteiger partial charge is 0.478 e. The quantitative estimate of drug-likeness (QED) is 0.619. The van der Waals surface area contributed by atoms with Gasteiger partial charge in [0.25, 0.3) is 0 Å². The number of aryl methyl sites for hydroxylation is 1. The van der Waals surface area contributed by atoms with E-state index in [4.69, 9.17) is 4.74 Å². The molecular formula is C22H28FN5O. The predicted octanol–water partition coefficient (Wildman–Crippen LogP) is 3.48. The predicted molar refractivity (Wildman–Crippen MR) is 113 cm³/mol. The van der Waals surface area contributed by atoms with E-state index >= 15 is 0 Å². The van der Waals surface area contributed by atoms with E-state index in [1.165, 1.54) is 6.07 Å². The third-order valence-electron chi connectivity index (χ3n) is 5.56. The summed E-state index contributed by atoms with van der Waals surface area (Å²) < 4.78 is 19.6. The number of H-pyrrole nitrogens is 1. The summed E-state index contributed by atoms with van der Waals surface area (Å²) in [4.78, 5) is 17.0. The minimum Gasteiger partial charge on any atom is -0.478 e. The molecule has 6 nitrogen and oxygen atoms in total. The van der Waals surface area contributed by atoms with Crippen LogP contribution in [0.15, 0.2) is 30.5 Å². The first-order valence-corrected chi connectivity index (χ1v) is 10.2. The lowest BCUT2D eigenvalue weighted by Crippen LogP contribution is -2.44. The maximum atomic E-state index is 13.8. The summed E-state index contributed by atoms with van der Waals surface area (Å²) in [5.41, 5.74) is 2.91. The summed E-state index contributed by atoms with van der Waals surface area (Å²) in [6.45, 7) is 8.13. The Hall–Kier alpha value is -2.51. The van der Waals surface area contributed by atoms with Crippen LogP contribution in [-0.2, 0) is 0 Å². The molecule has 29 heavy (non-hydrogen) atoms. The van der Waals surface area contributed by atoms with Crippen molar-refractivity contribution in [3.63, 3.8) is 0 Å². The molecule has 1 fully saturated rings. The smallest absolute Gasteiger partial charge is 0.213 e. The molecule has 0 saturated carbocycles. The highest BCUT2D eigenvalue weighted by atomic mass is 19.1. The number of hydrogen-bond donors (Lipinski definition) is 1. The topological polar surface area (TPSA) is 57.3 Å². The average molecular weight is 397 g/mol. The molecule has 1 aliphatic rings. The number of likely N-dealkylation sites (N-methyl/N-ethyl adjacent to an activating group) is 1. The molecule has 0 aliphatic carbocycles. The Bertz CT molecular complexity index is 965. The van der Waals surface area contributed by atoms with E-state index in [0.29, 0.717) is 29.4 Å². The number of nitrogens with zero attached hydrogens (tertiary/aromatic N) is 4. The second-order valence-corrected chi connectivity index (χ2v) is 7.74. The molecule has 1 N–H and O–H groups in total. The number of rotatable bonds is 7. The Morgan fingerprint density at radius 3 is 2.79 bits per heavy atom. The van der Waals surface area contributed by atoms with Gasteiger partial charge in [-0.05, 0) is 51.6 Å². The summed E-state index contributed by atoms with van der Waals surface area (Å²) in [6, 6.07) is 6.93. The van der Waals surface area contributed by atoms with Gasteiger partial charge in [0.2, 0.25) is 5.88 Å². The van der Waals surface area contributed by atoms with Crippen molar-refractivity contribution in [2.24, 2.45) is 0 Å². The summed E-state index contributed by atoms with van der Waals surface area (Å²) in [6.07, 6.45) is 3.84. The number of halogens is 1. The molecule has 0 spiro atoms. The lowest BCUT2D eigenvalue weighted by atomic mass is 10.2. The molecule has 0 unspecified atom stereocenters. The molecule has 1 saturated heterocycles. The van der Waals surface area contributed by atoms with E-state index in [2.05, 4.69) is 31.8 Å². The van der Waals surface area contributed by atoms with E-state index in [1.807, 2.05) is 12.1 Å². The summed E-state index contributed by atoms with van der Waals surface area (Å²) in [7, 11) is 2.18. The van der Waals surface area contributed by atoms with Crippen LogP contribution >= 0.6 is 0 Å². The highest BCUT2D eigenvalue weighted by Crippen LogP contribution is 2.25. The summed E-state index contributed by atoms with van der Waals surface area (Å²) >= 11 is 0. The third-order valence-corrected chi connectivity index (χ3v) is 5.56. The normalized spacial score (nSPS) is 15.8. The average Bonchev–Trinajstić information content (AvgIpc) is 3.17. The highest BCUT2D eigenvalue weighted by molar-refractivity contribution is 5.82. The van der Waals surface area contributed by atoms with Gasteiger partial charge in [-0.3, -0.25) is 0 Å². The van der Waals surface area contributed by atoms with Gasteiger partial charge in [0.1, 0.15) is 11.6 Å². The standard InChI is InChI=1S/C22H28FN5O/c1-16-18(23)5-6-19-21(16)26-22(25-19)17-7-8-24-20(15-17)29-14-4-3-9-28-12-10-27(2)11-13-28/h5-8,15H,3-4,9-14H2,1-2H3,(H,25,26). The van der Waals surface area contributed by atoms with Crippen LogP contribution in [0.4, 0.5) is 4.39 Å². The number of hydrogen-bond acceptors (Lipinski definition) is 5. The van der Waals surface area contributed by atoms with Gasteiger partial charge in [-0.15, -0.1) is 0 Å². The van der Waals surface area contributed by atoms with Crippen molar-refractivity contribution >= 4 is 11.0 Å². The molecule has 0 bridgehead atoms. The minimum absolute atomic E-state index is 0.245. The van der Waals surface area contributed by atoms with Crippen LogP contribution in [-0.4, -0.2) is 71.1 Å². The van der Waals surface area contributed by atoms with Gasteiger partial charge in [-0.25, -0.2) is 14.4 Å². The van der Waals surface area contributed by atoms with Crippen LogP contribution in [0, 0.1) is 12.7 Å². The number of imidazole rings is 1. The third kappa shape index (κ3) is 4.74. The number of nitrogens with one attached hydrogen (secondary N) is 1. The van der Waals surface area contributed by atoms with Gasteiger partial charge < -0.3 is 19.5 Å². The zero-order valence-electron chi connectivity index (χ0n) is 17.1. The molecule has 3 aromatic rings. The maximum absolute atomic E-state index is 13.8. The molecule has 1 aromatic carbocycles. The first kappa shape index (κ1) is 19.8. The molecule has 2 aromatic heterocycles. The molecule has 0 radical (unpaired) electrons. The highest BCUT2D eigenvalue weighted by Gasteiger charge is 2.13. The van der Waals surface area contributed by atoms with Gasteiger partial charge >= 0.3 is 0 Å². The van der Waals surface area contributed by atoms with E-state index in [9.17, 15) is 4.39 Å². The van der Waals surface area contributed by atoms with Crippen LogP contribution in [0.1, 0.15) is 18.4 Å². The van der Waals surface area contributed by atoms with Crippen molar-refractivity contribution in [2.45, 2.75) is 19.8 Å². The Labute approximate surface area is 170 Å². The SMILES string of the molecule is Cc1c(F)ccc2[nH]c(-c3ccnc(OCCCCN4CCN(C)CC4)c3)nc12. The van der Waals surface area contributed by atoms with Gasteiger partial charge in [-0.2, -0.15) is 0 Å². The Morgan fingerprint density at radius 2 is 1.97 bits per heavy atom. The number of ether oxygens (including phenoxy) is 1. The van der Waals surface area contributed by atoms with Crippen molar-refractivity contribution in [1.82, 2.24) is 24.8 Å². The number of pyridine rings is 1. The Kier molecular flexibility index (Phi) is 6.06. The van der Waals surface area contributed by atoms with Crippen LogP contribution in [0.3, 0.4) is 0 Å². The van der Waals surface area contributed by atoms with Crippen LogP contribution in [0.2, 0.25) is 0 Å². The molecular weight excluding hydrogens is 369 g/mol. The summed E-state index contributed by atoms with van der Waals surface area (Å²) in [5, 5.41) is 0. The Morgan fingerprint density at radius 1 is 1.14 bits per heavy atom. The molecule has 4 rings (SSSR count). The molecule has 0 atom stereocenters. The van der Waals surface area contributed by atoms with Crippen LogP contribution in [0.5, 0.6) is 5.88 Å². The zero-order chi connectivity index (χ0) is 20.2. The maximum Gasteiger partial charge on any atom is 0.213 e. The van der Waals surface area contributed by atoms with E-state index in [-0.39, 0.29) is 5.82 Å². The number of unbranched alkanes of at least 4 members (excludes halogenated alkanes) is 1. The number of aromatic amines is 1. The van der Waals surface area contributed by atoms with Crippen molar-refractivity contribution in [2.75, 3.05) is 46.4 Å². The van der Waals surface area contributed by atoms with Crippen molar-refractivity contribution in [3.05, 3.63) is 41.8 Å². The van der Waals surface area contributed by atoms with Gasteiger partial charge in [0, 0.05) is 49.6 Å². The minimum atomic E-state index is -0.245. The first-order valence-electron chi connectivity index (χ1n) is 10.2. The number of benzene rings is 1. The lowest BCUT2D eigenvalue weighted by molar-refractivity contribution is 0.149. The molecule has 7 heteroatoms. The second kappa shape index (κ2) is 8.88. The van der Waals surface area contributed by atoms with Gasteiger partial charge in [0.05, 0.1) is 17.6 Å². The van der Waals surface area contributed by atoms with E-state index < -0.39 is 0 Å². The zero-order valence-corrected chi connectivity index (χ0v) is 17.1. The molecule has 0 amide bonds. The van der Waals surface area contributed by atoms with Crippen LogP contribution in [0.25, 0.3) is 22.4 Å². The number of aromatic nitrogens is 3. The molecule has 154 valence electrons. The van der Waals surface area contributed by atoms with Gasteiger partial charge in [-0.1, -0.05) is 0 Å². The van der Waals surface area contributed by atoms with E-state index in [1.54, 1.807) is 19.2 Å². The Balaban J connectivity index is 1.31. The fourth-order valence-corrected chi connectivity index (χ4v) is 3.65.